The highest BCUT2D eigenvalue weighted by Crippen LogP contribution is 2.46. The number of aliphatic hydroxyl groups is 2. The van der Waals surface area contributed by atoms with Crippen LogP contribution < -0.4 is 10.6 Å². The number of urea groups is 1. The minimum atomic E-state index is -1.09. The van der Waals surface area contributed by atoms with Crippen LogP contribution >= 0.6 is 11.6 Å². The van der Waals surface area contributed by atoms with Crippen molar-refractivity contribution < 1.29 is 19.8 Å². The summed E-state index contributed by atoms with van der Waals surface area (Å²) in [6.07, 6.45) is 3.18. The molecule has 2 fully saturated rings. The van der Waals surface area contributed by atoms with Crippen LogP contribution in [-0.4, -0.2) is 58.3 Å². The number of halogens is 1. The molecule has 2 aliphatic rings. The molecule has 1 heterocycles. The molecule has 8 heteroatoms. The predicted molar refractivity (Wildman–Crippen MR) is 129 cm³/mol. The van der Waals surface area contributed by atoms with Crippen molar-refractivity contribution in [1.29, 1.82) is 0 Å². The van der Waals surface area contributed by atoms with Gasteiger partial charge in [-0.15, -0.1) is 0 Å². The number of likely N-dealkylation sites (tertiary alicyclic amines) is 1. The van der Waals surface area contributed by atoms with Gasteiger partial charge in [0.05, 0.1) is 17.7 Å². The molecule has 7 nitrogen and oxygen atoms in total. The van der Waals surface area contributed by atoms with E-state index in [4.69, 9.17) is 11.6 Å². The van der Waals surface area contributed by atoms with Crippen molar-refractivity contribution in [1.82, 2.24) is 15.5 Å². The van der Waals surface area contributed by atoms with Crippen molar-refractivity contribution in [2.45, 2.75) is 83.6 Å². The van der Waals surface area contributed by atoms with Gasteiger partial charge < -0.3 is 25.7 Å². The predicted octanol–water partition coefficient (Wildman–Crippen LogP) is 3.41. The fourth-order valence-corrected chi connectivity index (χ4v) is 5.24. The third-order valence-corrected chi connectivity index (χ3v) is 7.60. The molecule has 1 saturated carbocycles. The van der Waals surface area contributed by atoms with E-state index in [1.807, 2.05) is 39.8 Å². The number of benzene rings is 1. The Labute approximate surface area is 201 Å². The van der Waals surface area contributed by atoms with E-state index in [0.717, 1.165) is 24.8 Å². The van der Waals surface area contributed by atoms with Gasteiger partial charge in [-0.05, 0) is 42.9 Å². The van der Waals surface area contributed by atoms with Gasteiger partial charge in [-0.1, -0.05) is 64.3 Å². The molecule has 0 bridgehead atoms. The molecule has 0 radical (unpaired) electrons. The summed E-state index contributed by atoms with van der Waals surface area (Å²) in [5, 5.41) is 28.0. The maximum atomic E-state index is 13.4. The molecule has 0 spiro atoms. The van der Waals surface area contributed by atoms with Gasteiger partial charge in [-0.3, -0.25) is 4.79 Å². The van der Waals surface area contributed by atoms with Crippen molar-refractivity contribution in [3.63, 3.8) is 0 Å². The first-order chi connectivity index (χ1) is 15.4. The topological polar surface area (TPSA) is 102 Å². The minimum Gasteiger partial charge on any atom is -0.391 e. The molecule has 3 rings (SSSR count). The van der Waals surface area contributed by atoms with Crippen LogP contribution in [0.5, 0.6) is 0 Å². The molecule has 1 aliphatic heterocycles. The number of piperidine rings is 1. The summed E-state index contributed by atoms with van der Waals surface area (Å²) in [7, 11) is 0. The van der Waals surface area contributed by atoms with E-state index < -0.39 is 29.2 Å². The van der Waals surface area contributed by atoms with Crippen LogP contribution in [0.15, 0.2) is 24.3 Å². The molecule has 1 aliphatic carbocycles. The number of aliphatic hydroxyl groups excluding tert-OH is 1. The van der Waals surface area contributed by atoms with Crippen LogP contribution in [-0.2, 0) is 10.4 Å². The molecule has 1 aromatic carbocycles. The zero-order chi connectivity index (χ0) is 24.4. The van der Waals surface area contributed by atoms with Gasteiger partial charge in [0.25, 0.3) is 0 Å². The molecule has 4 N–H and O–H groups in total. The number of carbonyl (C=O) groups is 2. The number of nitrogens with one attached hydrogen (secondary N) is 2. The lowest BCUT2D eigenvalue weighted by molar-refractivity contribution is -0.155. The van der Waals surface area contributed by atoms with E-state index in [1.54, 1.807) is 17.0 Å². The maximum absolute atomic E-state index is 13.4. The number of rotatable bonds is 5. The van der Waals surface area contributed by atoms with Crippen LogP contribution in [0.25, 0.3) is 0 Å². The fourth-order valence-electron chi connectivity index (χ4n) is 5.11. The van der Waals surface area contributed by atoms with Crippen LogP contribution in [0.3, 0.4) is 0 Å². The Bertz CT molecular complexity index is 845. The van der Waals surface area contributed by atoms with Gasteiger partial charge >= 0.3 is 6.03 Å². The van der Waals surface area contributed by atoms with E-state index in [1.165, 1.54) is 0 Å². The summed E-state index contributed by atoms with van der Waals surface area (Å²) < 4.78 is 0. The second kappa shape index (κ2) is 10.2. The third kappa shape index (κ3) is 5.64. The number of amides is 3. The van der Waals surface area contributed by atoms with Crippen LogP contribution in [0.1, 0.15) is 65.4 Å². The first kappa shape index (κ1) is 25.8. The Balaban J connectivity index is 1.68. The van der Waals surface area contributed by atoms with Gasteiger partial charge in [-0.2, -0.15) is 0 Å². The maximum Gasteiger partial charge on any atom is 0.315 e. The van der Waals surface area contributed by atoms with Crippen molar-refractivity contribution in [2.24, 2.45) is 11.3 Å². The summed E-state index contributed by atoms with van der Waals surface area (Å²) in [4.78, 5) is 27.8. The summed E-state index contributed by atoms with van der Waals surface area (Å²) in [6.45, 7) is 8.45. The Kier molecular flexibility index (Phi) is 7.97. The standard InChI is InChI=1S/C25H38ClN3O4/c1-16(2)21(28-23(32)27-19-7-5-6-8-20(19)30)22(31)29-14-13-25(33,24(3,4)15-29)17-9-11-18(26)12-10-17/h9-12,16,19-21,30,33H,5-8,13-15H2,1-4H3,(H2,27,28,32)/t19?,20?,21-,25+/m1/s1. The molecule has 3 amide bonds. The highest BCUT2D eigenvalue weighted by atomic mass is 35.5. The largest absolute Gasteiger partial charge is 0.391 e. The first-order valence-corrected chi connectivity index (χ1v) is 12.3. The second-order valence-electron chi connectivity index (χ2n) is 10.6. The molecule has 4 atom stereocenters. The van der Waals surface area contributed by atoms with Gasteiger partial charge in [-0.25, -0.2) is 4.79 Å². The molecular formula is C25H38ClN3O4. The summed E-state index contributed by atoms with van der Waals surface area (Å²) in [5.41, 5.74) is -0.915. The molecule has 2 unspecified atom stereocenters. The molecule has 0 aromatic heterocycles. The smallest absolute Gasteiger partial charge is 0.315 e. The van der Waals surface area contributed by atoms with Crippen molar-refractivity contribution in [3.8, 4) is 0 Å². The second-order valence-corrected chi connectivity index (χ2v) is 11.0. The lowest BCUT2D eigenvalue weighted by Gasteiger charge is -2.51. The van der Waals surface area contributed by atoms with Crippen molar-refractivity contribution >= 4 is 23.5 Å². The highest BCUT2D eigenvalue weighted by Gasteiger charge is 2.50. The molecule has 1 saturated heterocycles. The van der Waals surface area contributed by atoms with E-state index in [9.17, 15) is 19.8 Å². The Hall–Kier alpha value is -1.83. The first-order valence-electron chi connectivity index (χ1n) is 12.0. The van der Waals surface area contributed by atoms with Gasteiger partial charge in [0.1, 0.15) is 6.04 Å². The lowest BCUT2D eigenvalue weighted by Crippen LogP contribution is -2.61. The minimum absolute atomic E-state index is 0.111. The SMILES string of the molecule is CC(C)[C@@H](NC(=O)NC1CCCCC1O)C(=O)N1CC[C@](O)(c2ccc(Cl)cc2)C(C)(C)C1. The average Bonchev–Trinajstić information content (AvgIpc) is 2.75. The summed E-state index contributed by atoms with van der Waals surface area (Å²) in [6, 6.07) is 5.80. The van der Waals surface area contributed by atoms with Gasteiger partial charge in [0.15, 0.2) is 0 Å². The van der Waals surface area contributed by atoms with Crippen LogP contribution in [0.2, 0.25) is 5.02 Å². The third-order valence-electron chi connectivity index (χ3n) is 7.35. The van der Waals surface area contributed by atoms with E-state index >= 15 is 0 Å². The Morgan fingerprint density at radius 1 is 1.15 bits per heavy atom. The molecule has 184 valence electrons. The Morgan fingerprint density at radius 2 is 1.79 bits per heavy atom. The Morgan fingerprint density at radius 3 is 2.36 bits per heavy atom. The van der Waals surface area contributed by atoms with E-state index in [0.29, 0.717) is 31.0 Å². The van der Waals surface area contributed by atoms with Crippen LogP contribution in [0, 0.1) is 11.3 Å². The highest BCUT2D eigenvalue weighted by molar-refractivity contribution is 6.30. The molecular weight excluding hydrogens is 442 g/mol. The van der Waals surface area contributed by atoms with Gasteiger partial charge in [0, 0.05) is 23.5 Å². The number of nitrogens with zero attached hydrogens (tertiary/aromatic N) is 1. The normalized spacial score (nSPS) is 28.3. The quantitative estimate of drug-likeness (QED) is 0.519. The summed E-state index contributed by atoms with van der Waals surface area (Å²) in [5.74, 6) is -0.268. The zero-order valence-electron chi connectivity index (χ0n) is 20.1. The fraction of sp³-hybridized carbons (Fsp3) is 0.680. The number of hydrogen-bond acceptors (Lipinski definition) is 4. The van der Waals surface area contributed by atoms with E-state index in [2.05, 4.69) is 10.6 Å². The van der Waals surface area contributed by atoms with Crippen molar-refractivity contribution in [3.05, 3.63) is 34.9 Å². The molecule has 1 aromatic rings. The van der Waals surface area contributed by atoms with E-state index in [-0.39, 0.29) is 17.9 Å². The zero-order valence-corrected chi connectivity index (χ0v) is 20.9. The number of carbonyl (C=O) groups excluding carboxylic acids is 2. The summed E-state index contributed by atoms with van der Waals surface area (Å²) >= 11 is 6.02. The average molecular weight is 480 g/mol. The van der Waals surface area contributed by atoms with Crippen molar-refractivity contribution in [2.75, 3.05) is 13.1 Å². The molecule has 33 heavy (non-hydrogen) atoms. The monoisotopic (exact) mass is 479 g/mol. The van der Waals surface area contributed by atoms with Gasteiger partial charge in [0.2, 0.25) is 5.91 Å². The number of hydrogen-bond donors (Lipinski definition) is 4. The van der Waals surface area contributed by atoms with Crippen LogP contribution in [0.4, 0.5) is 4.79 Å². The lowest BCUT2D eigenvalue weighted by atomic mass is 9.66.